The molecule has 2 atom stereocenters. The molecule has 0 aromatic heterocycles. The second-order valence-electron chi connectivity index (χ2n) is 5.52. The smallest absolute Gasteiger partial charge is 0.122 e. The van der Waals surface area contributed by atoms with Crippen molar-refractivity contribution in [3.8, 4) is 5.75 Å². The Kier molecular flexibility index (Phi) is 6.34. The first-order chi connectivity index (χ1) is 9.85. The zero-order valence-corrected chi connectivity index (χ0v) is 12.7. The highest BCUT2D eigenvalue weighted by molar-refractivity contribution is 5.35. The van der Waals surface area contributed by atoms with Crippen LogP contribution in [-0.4, -0.2) is 32.4 Å². The van der Waals surface area contributed by atoms with E-state index >= 15 is 0 Å². The molecule has 1 aromatic carbocycles. The lowest BCUT2D eigenvalue weighted by atomic mass is 9.90. The maximum absolute atomic E-state index is 5.91. The Hall–Kier alpha value is -1.06. The summed E-state index contributed by atoms with van der Waals surface area (Å²) in [6.07, 6.45) is 3.30. The lowest BCUT2D eigenvalue weighted by Gasteiger charge is -2.32. The number of benzene rings is 1. The Morgan fingerprint density at radius 1 is 1.30 bits per heavy atom. The van der Waals surface area contributed by atoms with Crippen LogP contribution in [0.25, 0.3) is 0 Å². The van der Waals surface area contributed by atoms with E-state index in [1.807, 2.05) is 6.07 Å². The van der Waals surface area contributed by atoms with Crippen molar-refractivity contribution in [2.24, 2.45) is 5.92 Å². The van der Waals surface area contributed by atoms with Crippen LogP contribution in [0.1, 0.15) is 32.3 Å². The van der Waals surface area contributed by atoms with E-state index in [0.717, 1.165) is 51.4 Å². The van der Waals surface area contributed by atoms with Crippen LogP contribution in [0.4, 0.5) is 0 Å². The predicted octanol–water partition coefficient (Wildman–Crippen LogP) is 3.03. The molecule has 1 N–H and O–H groups in total. The van der Waals surface area contributed by atoms with E-state index in [1.54, 1.807) is 0 Å². The van der Waals surface area contributed by atoms with Gasteiger partial charge in [-0.15, -0.1) is 0 Å². The third-order valence-corrected chi connectivity index (χ3v) is 3.78. The average molecular weight is 277 g/mol. The highest BCUT2D eigenvalue weighted by atomic mass is 16.5. The fourth-order valence-corrected chi connectivity index (χ4v) is 2.66. The maximum Gasteiger partial charge on any atom is 0.122 e. The predicted molar refractivity (Wildman–Crippen MR) is 82.3 cm³/mol. The van der Waals surface area contributed by atoms with Gasteiger partial charge >= 0.3 is 0 Å². The summed E-state index contributed by atoms with van der Waals surface area (Å²) < 4.78 is 11.7. The van der Waals surface area contributed by atoms with Crippen molar-refractivity contribution < 1.29 is 9.47 Å². The van der Waals surface area contributed by atoms with Gasteiger partial charge in [-0.05, 0) is 37.4 Å². The van der Waals surface area contributed by atoms with E-state index in [2.05, 4.69) is 37.4 Å². The molecule has 2 rings (SSSR count). The Balaban J connectivity index is 1.95. The SMILES string of the molecule is CCCNC(COCCC)C1COc2ccccc2C1. The van der Waals surface area contributed by atoms with Crippen LogP contribution in [0.5, 0.6) is 5.75 Å². The molecule has 0 saturated carbocycles. The molecule has 3 nitrogen and oxygen atoms in total. The van der Waals surface area contributed by atoms with Crippen LogP contribution in [0.2, 0.25) is 0 Å². The number of nitrogens with one attached hydrogen (secondary N) is 1. The van der Waals surface area contributed by atoms with E-state index in [4.69, 9.17) is 9.47 Å². The third-order valence-electron chi connectivity index (χ3n) is 3.78. The molecule has 1 aliphatic rings. The third kappa shape index (κ3) is 4.22. The summed E-state index contributed by atoms with van der Waals surface area (Å²) in [5.74, 6) is 1.54. The van der Waals surface area contributed by atoms with Gasteiger partial charge in [0.05, 0.1) is 13.2 Å². The summed E-state index contributed by atoms with van der Waals surface area (Å²) >= 11 is 0. The molecule has 0 spiro atoms. The summed E-state index contributed by atoms with van der Waals surface area (Å²) in [5, 5.41) is 3.62. The molecule has 0 radical (unpaired) electrons. The van der Waals surface area contributed by atoms with Crippen molar-refractivity contribution in [2.75, 3.05) is 26.4 Å². The van der Waals surface area contributed by atoms with Crippen LogP contribution in [0, 0.1) is 5.92 Å². The van der Waals surface area contributed by atoms with Crippen molar-refractivity contribution in [1.82, 2.24) is 5.32 Å². The number of rotatable bonds is 8. The molecule has 0 amide bonds. The van der Waals surface area contributed by atoms with Crippen molar-refractivity contribution in [3.63, 3.8) is 0 Å². The van der Waals surface area contributed by atoms with E-state index in [1.165, 1.54) is 5.56 Å². The zero-order valence-electron chi connectivity index (χ0n) is 12.7. The second-order valence-corrected chi connectivity index (χ2v) is 5.52. The molecule has 0 aliphatic carbocycles. The molecular weight excluding hydrogens is 250 g/mol. The minimum Gasteiger partial charge on any atom is -0.493 e. The molecular formula is C17H27NO2. The lowest BCUT2D eigenvalue weighted by Crippen LogP contribution is -2.45. The molecule has 0 bridgehead atoms. The van der Waals surface area contributed by atoms with Crippen molar-refractivity contribution in [1.29, 1.82) is 0 Å². The van der Waals surface area contributed by atoms with E-state index in [0.29, 0.717) is 12.0 Å². The van der Waals surface area contributed by atoms with Crippen LogP contribution in [0.15, 0.2) is 24.3 Å². The fourth-order valence-electron chi connectivity index (χ4n) is 2.66. The number of fused-ring (bicyclic) bond motifs is 1. The van der Waals surface area contributed by atoms with E-state index < -0.39 is 0 Å². The molecule has 1 aliphatic heterocycles. The van der Waals surface area contributed by atoms with Gasteiger partial charge in [-0.3, -0.25) is 0 Å². The van der Waals surface area contributed by atoms with Crippen LogP contribution >= 0.6 is 0 Å². The molecule has 20 heavy (non-hydrogen) atoms. The van der Waals surface area contributed by atoms with Crippen molar-refractivity contribution in [2.45, 2.75) is 39.2 Å². The highest BCUT2D eigenvalue weighted by Gasteiger charge is 2.27. The monoisotopic (exact) mass is 277 g/mol. The summed E-state index contributed by atoms with van der Waals surface area (Å²) in [7, 11) is 0. The quantitative estimate of drug-likeness (QED) is 0.741. The van der Waals surface area contributed by atoms with Gasteiger partial charge in [0.1, 0.15) is 5.75 Å². The highest BCUT2D eigenvalue weighted by Crippen LogP contribution is 2.28. The largest absolute Gasteiger partial charge is 0.493 e. The molecule has 0 fully saturated rings. The number of ether oxygens (including phenoxy) is 2. The number of para-hydroxylation sites is 1. The molecule has 1 heterocycles. The van der Waals surface area contributed by atoms with Crippen molar-refractivity contribution in [3.05, 3.63) is 29.8 Å². The second kappa shape index (κ2) is 8.28. The Morgan fingerprint density at radius 2 is 2.15 bits per heavy atom. The molecule has 2 unspecified atom stereocenters. The molecule has 0 saturated heterocycles. The van der Waals surface area contributed by atoms with Gasteiger partial charge in [0.2, 0.25) is 0 Å². The minimum absolute atomic E-state index is 0.384. The fraction of sp³-hybridized carbons (Fsp3) is 0.647. The number of hydrogen-bond acceptors (Lipinski definition) is 3. The Morgan fingerprint density at radius 3 is 2.95 bits per heavy atom. The standard InChI is InChI=1S/C17H27NO2/c1-3-9-18-16(13-19-10-4-2)15-11-14-7-5-6-8-17(14)20-12-15/h5-8,15-16,18H,3-4,9-13H2,1-2H3. The van der Waals surface area contributed by atoms with Gasteiger partial charge in [-0.1, -0.05) is 32.0 Å². The zero-order chi connectivity index (χ0) is 14.2. The average Bonchev–Trinajstić information content (AvgIpc) is 2.50. The van der Waals surface area contributed by atoms with Crippen LogP contribution < -0.4 is 10.1 Å². The number of hydrogen-bond donors (Lipinski definition) is 1. The van der Waals surface area contributed by atoms with Crippen LogP contribution in [0.3, 0.4) is 0 Å². The first-order valence-corrected chi connectivity index (χ1v) is 7.87. The molecule has 3 heteroatoms. The van der Waals surface area contributed by atoms with Gasteiger partial charge in [0, 0.05) is 18.6 Å². The summed E-state index contributed by atoms with van der Waals surface area (Å²) in [5.41, 5.74) is 1.32. The van der Waals surface area contributed by atoms with E-state index in [9.17, 15) is 0 Å². The van der Waals surface area contributed by atoms with Crippen molar-refractivity contribution >= 4 is 0 Å². The maximum atomic E-state index is 5.91. The Labute approximate surface area is 122 Å². The first kappa shape index (κ1) is 15.3. The Bertz CT molecular complexity index is 394. The van der Waals surface area contributed by atoms with Gasteiger partial charge in [0.25, 0.3) is 0 Å². The topological polar surface area (TPSA) is 30.5 Å². The van der Waals surface area contributed by atoms with Gasteiger partial charge in [-0.25, -0.2) is 0 Å². The lowest BCUT2D eigenvalue weighted by molar-refractivity contribution is 0.0753. The van der Waals surface area contributed by atoms with E-state index in [-0.39, 0.29) is 0 Å². The first-order valence-electron chi connectivity index (χ1n) is 7.87. The van der Waals surface area contributed by atoms with Gasteiger partial charge in [-0.2, -0.15) is 0 Å². The molecule has 112 valence electrons. The van der Waals surface area contributed by atoms with Gasteiger partial charge < -0.3 is 14.8 Å². The normalized spacial score (nSPS) is 19.2. The van der Waals surface area contributed by atoms with Gasteiger partial charge in [0.15, 0.2) is 0 Å². The molecule has 1 aromatic rings. The summed E-state index contributed by atoms with van der Waals surface area (Å²) in [6, 6.07) is 8.75. The summed E-state index contributed by atoms with van der Waals surface area (Å²) in [6.45, 7) is 7.79. The minimum atomic E-state index is 0.384. The van der Waals surface area contributed by atoms with Crippen LogP contribution in [-0.2, 0) is 11.2 Å². The summed E-state index contributed by atoms with van der Waals surface area (Å²) in [4.78, 5) is 0.